The van der Waals surface area contributed by atoms with Gasteiger partial charge in [0.05, 0.1) is 11.6 Å². The third-order valence-electron chi connectivity index (χ3n) is 2.69. The molecule has 0 aliphatic rings. The summed E-state index contributed by atoms with van der Waals surface area (Å²) in [5.41, 5.74) is -0.880. The van der Waals surface area contributed by atoms with Gasteiger partial charge in [-0.2, -0.15) is 0 Å². The summed E-state index contributed by atoms with van der Waals surface area (Å²) in [6, 6.07) is 3.42. The Morgan fingerprint density at radius 1 is 1.47 bits per heavy atom. The van der Waals surface area contributed by atoms with Crippen molar-refractivity contribution < 1.29 is 13.5 Å². The van der Waals surface area contributed by atoms with Gasteiger partial charge in [0, 0.05) is 4.88 Å². The summed E-state index contributed by atoms with van der Waals surface area (Å²) in [6.07, 6.45) is 0.0582. The van der Waals surface area contributed by atoms with Crippen molar-refractivity contribution >= 4 is 21.4 Å². The van der Waals surface area contributed by atoms with E-state index in [1.165, 1.54) is 11.3 Å². The number of sulfonamides is 1. The first-order valence-corrected chi connectivity index (χ1v) is 7.80. The fraction of sp³-hybridized carbons (Fsp3) is 0.636. The van der Waals surface area contributed by atoms with Crippen LogP contribution >= 0.6 is 11.3 Å². The number of hydrogen-bond acceptors (Lipinski definition) is 4. The van der Waals surface area contributed by atoms with Crippen LogP contribution in [-0.2, 0) is 16.4 Å². The molecule has 1 heterocycles. The van der Waals surface area contributed by atoms with Crippen LogP contribution in [0.25, 0.3) is 0 Å². The largest absolute Gasteiger partial charge is 0.391 e. The molecule has 0 fully saturated rings. The number of aliphatic hydroxyl groups is 1. The molecule has 1 aromatic rings. The van der Waals surface area contributed by atoms with Crippen LogP contribution in [-0.4, -0.2) is 25.2 Å². The van der Waals surface area contributed by atoms with Crippen LogP contribution in [0.15, 0.2) is 16.3 Å². The summed E-state index contributed by atoms with van der Waals surface area (Å²) in [5, 5.41) is 9.52. The van der Waals surface area contributed by atoms with E-state index >= 15 is 0 Å². The Balaban J connectivity index is 2.97. The average Bonchev–Trinajstić information content (AvgIpc) is 2.64. The molecule has 0 spiro atoms. The number of rotatable bonds is 5. The standard InChI is InChI=1S/C11H19NO3S2/c1-5-9-6-7-10(16-9)17(14,15)12-11(3,4)8(2)13/h6-8,12-13H,5H2,1-4H3. The van der Waals surface area contributed by atoms with Gasteiger partial charge >= 0.3 is 0 Å². The van der Waals surface area contributed by atoms with Crippen molar-refractivity contribution in [3.63, 3.8) is 0 Å². The predicted octanol–water partition coefficient (Wildman–Crippen LogP) is 1.75. The van der Waals surface area contributed by atoms with Crippen molar-refractivity contribution in [3.8, 4) is 0 Å². The molecule has 1 unspecified atom stereocenters. The molecule has 0 saturated carbocycles. The second-order valence-electron chi connectivity index (χ2n) is 4.58. The maximum atomic E-state index is 12.1. The molecule has 0 saturated heterocycles. The average molecular weight is 277 g/mol. The molecule has 1 rings (SSSR count). The normalized spacial score (nSPS) is 14.9. The zero-order valence-electron chi connectivity index (χ0n) is 10.5. The van der Waals surface area contributed by atoms with Gasteiger partial charge < -0.3 is 5.11 Å². The van der Waals surface area contributed by atoms with E-state index < -0.39 is 21.7 Å². The van der Waals surface area contributed by atoms with Gasteiger partial charge in [0.25, 0.3) is 10.0 Å². The summed E-state index contributed by atoms with van der Waals surface area (Å²) in [5.74, 6) is 0. The Bertz CT molecular complexity index is 475. The van der Waals surface area contributed by atoms with Crippen LogP contribution in [0.2, 0.25) is 0 Å². The Morgan fingerprint density at radius 3 is 2.47 bits per heavy atom. The highest BCUT2D eigenvalue weighted by atomic mass is 32.2. The molecule has 0 aliphatic heterocycles. The van der Waals surface area contributed by atoms with E-state index in [1.807, 2.05) is 13.0 Å². The first-order valence-electron chi connectivity index (χ1n) is 5.50. The lowest BCUT2D eigenvalue weighted by atomic mass is 10.0. The lowest BCUT2D eigenvalue weighted by molar-refractivity contribution is 0.112. The van der Waals surface area contributed by atoms with Crippen LogP contribution in [0, 0.1) is 0 Å². The lowest BCUT2D eigenvalue weighted by Gasteiger charge is -2.28. The number of hydrogen-bond donors (Lipinski definition) is 2. The highest BCUT2D eigenvalue weighted by Gasteiger charge is 2.31. The second-order valence-corrected chi connectivity index (χ2v) is 7.66. The van der Waals surface area contributed by atoms with Crippen molar-refractivity contribution in [1.29, 1.82) is 0 Å². The molecular weight excluding hydrogens is 258 g/mol. The van der Waals surface area contributed by atoms with E-state index in [2.05, 4.69) is 4.72 Å². The van der Waals surface area contributed by atoms with Gasteiger partial charge in [0.1, 0.15) is 4.21 Å². The van der Waals surface area contributed by atoms with E-state index in [0.29, 0.717) is 4.21 Å². The Morgan fingerprint density at radius 2 is 2.06 bits per heavy atom. The molecule has 0 bridgehead atoms. The molecule has 1 atom stereocenters. The summed E-state index contributed by atoms with van der Waals surface area (Å²) < 4.78 is 27.0. The Labute approximate surface area is 107 Å². The predicted molar refractivity (Wildman–Crippen MR) is 69.8 cm³/mol. The number of nitrogens with one attached hydrogen (secondary N) is 1. The topological polar surface area (TPSA) is 66.4 Å². The molecule has 6 heteroatoms. The molecule has 2 N–H and O–H groups in total. The molecule has 0 aromatic carbocycles. The van der Waals surface area contributed by atoms with Gasteiger partial charge in [-0.1, -0.05) is 6.92 Å². The fourth-order valence-electron chi connectivity index (χ4n) is 1.17. The van der Waals surface area contributed by atoms with Crippen LogP contribution in [0.5, 0.6) is 0 Å². The second kappa shape index (κ2) is 5.06. The van der Waals surface area contributed by atoms with E-state index in [1.54, 1.807) is 26.8 Å². The van der Waals surface area contributed by atoms with E-state index in [-0.39, 0.29) is 0 Å². The first kappa shape index (κ1) is 14.6. The molecule has 0 amide bonds. The summed E-state index contributed by atoms with van der Waals surface area (Å²) in [4.78, 5) is 1.03. The summed E-state index contributed by atoms with van der Waals surface area (Å²) in [6.45, 7) is 6.86. The maximum Gasteiger partial charge on any atom is 0.250 e. The minimum absolute atomic E-state index is 0.295. The highest BCUT2D eigenvalue weighted by Crippen LogP contribution is 2.23. The zero-order chi connectivity index (χ0) is 13.3. The highest BCUT2D eigenvalue weighted by molar-refractivity contribution is 7.91. The van der Waals surface area contributed by atoms with Gasteiger partial charge in [0.15, 0.2) is 0 Å². The Hall–Kier alpha value is -0.430. The number of thiophene rings is 1. The minimum atomic E-state index is -3.54. The first-order chi connectivity index (χ1) is 7.69. The van der Waals surface area contributed by atoms with Gasteiger partial charge in [0.2, 0.25) is 0 Å². The SMILES string of the molecule is CCc1ccc(S(=O)(=O)NC(C)(C)C(C)O)s1. The molecule has 1 aromatic heterocycles. The summed E-state index contributed by atoms with van der Waals surface area (Å²) >= 11 is 1.26. The van der Waals surface area contributed by atoms with Crippen molar-refractivity contribution in [3.05, 3.63) is 17.0 Å². The third kappa shape index (κ3) is 3.51. The third-order valence-corrected chi connectivity index (χ3v) is 6.09. The monoisotopic (exact) mass is 277 g/mol. The molecule has 0 aliphatic carbocycles. The smallest absolute Gasteiger partial charge is 0.250 e. The Kier molecular flexibility index (Phi) is 4.35. The zero-order valence-corrected chi connectivity index (χ0v) is 12.2. The summed E-state index contributed by atoms with van der Waals surface area (Å²) in [7, 11) is -3.54. The van der Waals surface area contributed by atoms with Crippen molar-refractivity contribution in [1.82, 2.24) is 4.72 Å². The molecule has 98 valence electrons. The quantitative estimate of drug-likeness (QED) is 0.861. The van der Waals surface area contributed by atoms with E-state index in [4.69, 9.17) is 0 Å². The number of aliphatic hydroxyl groups excluding tert-OH is 1. The van der Waals surface area contributed by atoms with Crippen LogP contribution in [0.4, 0.5) is 0 Å². The fourth-order valence-corrected chi connectivity index (χ4v) is 3.95. The van der Waals surface area contributed by atoms with Crippen LogP contribution in [0.1, 0.15) is 32.6 Å². The lowest BCUT2D eigenvalue weighted by Crippen LogP contribution is -2.50. The molecule has 0 radical (unpaired) electrons. The molecule has 17 heavy (non-hydrogen) atoms. The van der Waals surface area contributed by atoms with Gasteiger partial charge in [-0.15, -0.1) is 11.3 Å². The maximum absolute atomic E-state index is 12.1. The van der Waals surface area contributed by atoms with Crippen LogP contribution < -0.4 is 4.72 Å². The molecule has 4 nitrogen and oxygen atoms in total. The van der Waals surface area contributed by atoms with Crippen molar-refractivity contribution in [2.24, 2.45) is 0 Å². The minimum Gasteiger partial charge on any atom is -0.391 e. The van der Waals surface area contributed by atoms with Crippen molar-refractivity contribution in [2.75, 3.05) is 0 Å². The van der Waals surface area contributed by atoms with Gasteiger partial charge in [-0.25, -0.2) is 13.1 Å². The van der Waals surface area contributed by atoms with E-state index in [0.717, 1.165) is 11.3 Å². The van der Waals surface area contributed by atoms with Gasteiger partial charge in [-0.05, 0) is 39.3 Å². The van der Waals surface area contributed by atoms with Crippen LogP contribution in [0.3, 0.4) is 0 Å². The van der Waals surface area contributed by atoms with E-state index in [9.17, 15) is 13.5 Å². The van der Waals surface area contributed by atoms with Crippen molar-refractivity contribution in [2.45, 2.75) is 50.0 Å². The molecular formula is C11H19NO3S2. The number of aryl methyl sites for hydroxylation is 1. The van der Waals surface area contributed by atoms with Gasteiger partial charge in [-0.3, -0.25) is 0 Å².